The van der Waals surface area contributed by atoms with E-state index in [9.17, 15) is 9.59 Å². The van der Waals surface area contributed by atoms with Gasteiger partial charge in [0.1, 0.15) is 5.69 Å². The van der Waals surface area contributed by atoms with Crippen molar-refractivity contribution in [2.45, 2.75) is 26.3 Å². The Labute approximate surface area is 115 Å². The van der Waals surface area contributed by atoms with Crippen molar-refractivity contribution >= 4 is 28.3 Å². The number of aromatic nitrogens is 1. The maximum atomic E-state index is 12.4. The second-order valence-electron chi connectivity index (χ2n) is 5.04. The van der Waals surface area contributed by atoms with E-state index in [0.29, 0.717) is 30.6 Å². The molecule has 1 fully saturated rings. The molecule has 1 aromatic rings. The predicted molar refractivity (Wildman–Crippen MR) is 72.4 cm³/mol. The summed E-state index contributed by atoms with van der Waals surface area (Å²) >= 11 is 1.25. The average Bonchev–Trinajstić information content (AvgIpc) is 2.75. The molecule has 0 spiro atoms. The lowest BCUT2D eigenvalue weighted by atomic mass is 10.0. The fourth-order valence-corrected chi connectivity index (χ4v) is 2.68. The molecule has 2 amide bonds. The van der Waals surface area contributed by atoms with Gasteiger partial charge in [-0.25, -0.2) is 4.98 Å². The van der Waals surface area contributed by atoms with Crippen molar-refractivity contribution in [3.63, 3.8) is 0 Å². The summed E-state index contributed by atoms with van der Waals surface area (Å²) in [6, 6.07) is 0. The largest absolute Gasteiger partial charge is 0.377 e. The molecule has 2 heterocycles. The van der Waals surface area contributed by atoms with Crippen molar-refractivity contribution in [1.82, 2.24) is 9.88 Å². The van der Waals surface area contributed by atoms with Gasteiger partial charge in [0.2, 0.25) is 5.91 Å². The number of ether oxygens (including phenoxy) is 1. The van der Waals surface area contributed by atoms with E-state index >= 15 is 0 Å². The van der Waals surface area contributed by atoms with Gasteiger partial charge in [-0.2, -0.15) is 0 Å². The summed E-state index contributed by atoms with van der Waals surface area (Å²) in [5, 5.41) is 4.69. The third-order valence-corrected chi connectivity index (χ3v) is 3.65. The molecular formula is C12H17N3O3S. The maximum Gasteiger partial charge on any atom is 0.274 e. The zero-order valence-corrected chi connectivity index (χ0v) is 12.0. The van der Waals surface area contributed by atoms with E-state index in [1.807, 2.05) is 13.8 Å². The highest BCUT2D eigenvalue weighted by Crippen LogP contribution is 2.23. The standard InChI is InChI=1S/C12H17N3O3S/c1-8(16)13-11-14-9(6-19-11)10(17)15-4-5-18-7-12(15,2)3/h6H,4-5,7H2,1-3H3,(H,13,14,16). The van der Waals surface area contributed by atoms with E-state index in [1.165, 1.54) is 18.3 Å². The van der Waals surface area contributed by atoms with Crippen molar-refractivity contribution in [2.24, 2.45) is 0 Å². The van der Waals surface area contributed by atoms with Crippen LogP contribution in [0.5, 0.6) is 0 Å². The molecule has 0 aromatic carbocycles. The fourth-order valence-electron chi connectivity index (χ4n) is 1.95. The van der Waals surface area contributed by atoms with Crippen LogP contribution < -0.4 is 5.32 Å². The van der Waals surface area contributed by atoms with Crippen molar-refractivity contribution in [3.8, 4) is 0 Å². The van der Waals surface area contributed by atoms with Gasteiger partial charge >= 0.3 is 0 Å². The molecule has 0 radical (unpaired) electrons. The summed E-state index contributed by atoms with van der Waals surface area (Å²) in [6.45, 7) is 6.95. The highest BCUT2D eigenvalue weighted by molar-refractivity contribution is 7.14. The third kappa shape index (κ3) is 3.10. The molecule has 104 valence electrons. The number of thiazole rings is 1. The molecule has 0 saturated carbocycles. The Hall–Kier alpha value is -1.47. The first-order valence-electron chi connectivity index (χ1n) is 6.03. The van der Waals surface area contributed by atoms with Crippen LogP contribution in [0.1, 0.15) is 31.3 Å². The maximum absolute atomic E-state index is 12.4. The Morgan fingerprint density at radius 1 is 1.53 bits per heavy atom. The molecule has 0 bridgehead atoms. The van der Waals surface area contributed by atoms with Gasteiger partial charge in [0.15, 0.2) is 5.13 Å². The number of carbonyl (C=O) groups excluding carboxylic acids is 2. The van der Waals surface area contributed by atoms with Gasteiger partial charge in [0.05, 0.1) is 18.8 Å². The molecule has 7 heteroatoms. The van der Waals surface area contributed by atoms with Gasteiger partial charge in [-0.05, 0) is 13.8 Å². The highest BCUT2D eigenvalue weighted by atomic mass is 32.1. The van der Waals surface area contributed by atoms with Gasteiger partial charge in [-0.1, -0.05) is 0 Å². The zero-order valence-electron chi connectivity index (χ0n) is 11.2. The molecule has 0 unspecified atom stereocenters. The lowest BCUT2D eigenvalue weighted by molar-refractivity contribution is -0.114. The monoisotopic (exact) mass is 283 g/mol. The topological polar surface area (TPSA) is 71.5 Å². The SMILES string of the molecule is CC(=O)Nc1nc(C(=O)N2CCOCC2(C)C)cs1. The van der Waals surface area contributed by atoms with E-state index in [0.717, 1.165) is 0 Å². The van der Waals surface area contributed by atoms with Crippen LogP contribution in [0.25, 0.3) is 0 Å². The number of rotatable bonds is 2. The van der Waals surface area contributed by atoms with Crippen LogP contribution in [0, 0.1) is 0 Å². The normalized spacial score (nSPS) is 18.2. The number of hydrogen-bond acceptors (Lipinski definition) is 5. The van der Waals surface area contributed by atoms with E-state index in [4.69, 9.17) is 4.74 Å². The summed E-state index contributed by atoms with van der Waals surface area (Å²) in [4.78, 5) is 29.3. The average molecular weight is 283 g/mol. The van der Waals surface area contributed by atoms with Crippen LogP contribution in [-0.2, 0) is 9.53 Å². The lowest BCUT2D eigenvalue weighted by Crippen LogP contribution is -2.55. The van der Waals surface area contributed by atoms with Crippen molar-refractivity contribution in [2.75, 3.05) is 25.1 Å². The minimum Gasteiger partial charge on any atom is -0.377 e. The van der Waals surface area contributed by atoms with Crippen LogP contribution in [0.4, 0.5) is 5.13 Å². The van der Waals surface area contributed by atoms with Crippen LogP contribution in [-0.4, -0.2) is 47.0 Å². The summed E-state index contributed by atoms with van der Waals surface area (Å²) in [6.07, 6.45) is 0. The van der Waals surface area contributed by atoms with Crippen LogP contribution >= 0.6 is 11.3 Å². The molecule has 0 aliphatic carbocycles. The summed E-state index contributed by atoms with van der Waals surface area (Å²) in [5.41, 5.74) is 0.0244. The van der Waals surface area contributed by atoms with Gasteiger partial charge in [-0.15, -0.1) is 11.3 Å². The van der Waals surface area contributed by atoms with Crippen LogP contribution in [0.3, 0.4) is 0 Å². The first-order valence-corrected chi connectivity index (χ1v) is 6.91. The van der Waals surface area contributed by atoms with E-state index < -0.39 is 0 Å². The molecule has 1 saturated heterocycles. The first-order chi connectivity index (χ1) is 8.90. The Kier molecular flexibility index (Phi) is 3.86. The quantitative estimate of drug-likeness (QED) is 0.889. The predicted octanol–water partition coefficient (Wildman–Crippen LogP) is 1.35. The Bertz CT molecular complexity index is 498. The molecule has 19 heavy (non-hydrogen) atoms. The Balaban J connectivity index is 2.14. The molecular weight excluding hydrogens is 266 g/mol. The number of amides is 2. The van der Waals surface area contributed by atoms with Crippen molar-refractivity contribution in [3.05, 3.63) is 11.1 Å². The first kappa shape index (κ1) is 14.0. The fraction of sp³-hybridized carbons (Fsp3) is 0.583. The Morgan fingerprint density at radius 3 is 2.89 bits per heavy atom. The highest BCUT2D eigenvalue weighted by Gasteiger charge is 2.35. The van der Waals surface area contributed by atoms with Crippen LogP contribution in [0.2, 0.25) is 0 Å². The minimum atomic E-state index is -0.340. The lowest BCUT2D eigenvalue weighted by Gasteiger charge is -2.41. The minimum absolute atomic E-state index is 0.124. The molecule has 1 aliphatic heterocycles. The van der Waals surface area contributed by atoms with Crippen molar-refractivity contribution < 1.29 is 14.3 Å². The smallest absolute Gasteiger partial charge is 0.274 e. The number of anilines is 1. The summed E-state index contributed by atoms with van der Waals surface area (Å²) in [7, 11) is 0. The number of nitrogens with zero attached hydrogens (tertiary/aromatic N) is 2. The third-order valence-electron chi connectivity index (χ3n) is 2.90. The van der Waals surface area contributed by atoms with E-state index in [2.05, 4.69) is 10.3 Å². The molecule has 1 aromatic heterocycles. The molecule has 1 aliphatic rings. The second-order valence-corrected chi connectivity index (χ2v) is 5.90. The molecule has 1 N–H and O–H groups in total. The number of carbonyl (C=O) groups is 2. The second kappa shape index (κ2) is 5.26. The number of morpholine rings is 1. The summed E-state index contributed by atoms with van der Waals surface area (Å²) in [5.74, 6) is -0.318. The number of hydrogen-bond donors (Lipinski definition) is 1. The van der Waals surface area contributed by atoms with Crippen LogP contribution in [0.15, 0.2) is 5.38 Å². The van der Waals surface area contributed by atoms with Gasteiger partial charge in [0.25, 0.3) is 5.91 Å². The van der Waals surface area contributed by atoms with Crippen molar-refractivity contribution in [1.29, 1.82) is 0 Å². The number of nitrogens with one attached hydrogen (secondary N) is 1. The zero-order chi connectivity index (χ0) is 14.0. The van der Waals surface area contributed by atoms with Gasteiger partial charge in [0, 0.05) is 18.8 Å². The van der Waals surface area contributed by atoms with Gasteiger partial charge in [-0.3, -0.25) is 9.59 Å². The molecule has 6 nitrogen and oxygen atoms in total. The summed E-state index contributed by atoms with van der Waals surface area (Å²) < 4.78 is 5.39. The van der Waals surface area contributed by atoms with E-state index in [-0.39, 0.29) is 17.4 Å². The molecule has 2 rings (SSSR count). The molecule has 0 atom stereocenters. The van der Waals surface area contributed by atoms with E-state index in [1.54, 1.807) is 10.3 Å². The Morgan fingerprint density at radius 2 is 2.26 bits per heavy atom. The van der Waals surface area contributed by atoms with Gasteiger partial charge < -0.3 is 15.0 Å².